The molecule has 18 heavy (non-hydrogen) atoms. The molecular formula is C12H16O5S. The molecule has 0 N–H and O–H groups in total. The van der Waals surface area contributed by atoms with Gasteiger partial charge in [0.1, 0.15) is 17.5 Å². The summed E-state index contributed by atoms with van der Waals surface area (Å²) in [6.45, 7) is 4.57. The zero-order valence-corrected chi connectivity index (χ0v) is 11.4. The lowest BCUT2D eigenvalue weighted by Crippen LogP contribution is -2.34. The average molecular weight is 272 g/mol. The van der Waals surface area contributed by atoms with Gasteiger partial charge in [0.15, 0.2) is 0 Å². The summed E-state index contributed by atoms with van der Waals surface area (Å²) in [6, 6.07) is 6.13. The fourth-order valence-corrected chi connectivity index (χ4v) is 2.25. The minimum Gasteiger partial charge on any atom is -0.485 e. The third-order valence-corrected chi connectivity index (χ3v) is 4.11. The van der Waals surface area contributed by atoms with E-state index in [9.17, 15) is 8.42 Å². The van der Waals surface area contributed by atoms with Crippen molar-refractivity contribution in [2.75, 3.05) is 13.7 Å². The van der Waals surface area contributed by atoms with Crippen LogP contribution in [0.3, 0.4) is 0 Å². The van der Waals surface area contributed by atoms with Crippen LogP contribution in [0.25, 0.3) is 0 Å². The van der Waals surface area contributed by atoms with Crippen LogP contribution in [0.15, 0.2) is 29.2 Å². The van der Waals surface area contributed by atoms with Crippen molar-refractivity contribution in [3.8, 4) is 5.75 Å². The normalized spacial score (nSPS) is 19.6. The van der Waals surface area contributed by atoms with E-state index in [1.54, 1.807) is 12.1 Å². The minimum absolute atomic E-state index is 0.0971. The van der Waals surface area contributed by atoms with Gasteiger partial charge in [-0.25, -0.2) is 0 Å². The van der Waals surface area contributed by atoms with Crippen molar-refractivity contribution in [2.45, 2.75) is 30.4 Å². The first-order valence-corrected chi connectivity index (χ1v) is 6.97. The maximum absolute atomic E-state index is 11.4. The fraction of sp³-hybridized carbons (Fsp3) is 0.500. The van der Waals surface area contributed by atoms with E-state index in [1.165, 1.54) is 12.1 Å². The van der Waals surface area contributed by atoms with E-state index in [2.05, 4.69) is 4.18 Å². The van der Waals surface area contributed by atoms with Crippen molar-refractivity contribution in [3.05, 3.63) is 24.3 Å². The van der Waals surface area contributed by atoms with Gasteiger partial charge in [0.2, 0.25) is 0 Å². The Hall–Kier alpha value is -1.11. The summed E-state index contributed by atoms with van der Waals surface area (Å²) in [4.78, 5) is 0.109. The SMILES string of the molecule is COS(=O)(=O)c1ccc(OC(C)(C)C2CO2)cc1. The highest BCUT2D eigenvalue weighted by Crippen LogP contribution is 2.30. The number of epoxide rings is 1. The molecule has 0 saturated carbocycles. The van der Waals surface area contributed by atoms with Crippen LogP contribution in [0.1, 0.15) is 13.8 Å². The van der Waals surface area contributed by atoms with Crippen molar-refractivity contribution >= 4 is 10.1 Å². The molecule has 0 aromatic heterocycles. The van der Waals surface area contributed by atoms with Crippen LogP contribution < -0.4 is 4.74 Å². The van der Waals surface area contributed by atoms with Gasteiger partial charge in [-0.05, 0) is 38.1 Å². The molecule has 6 heteroatoms. The van der Waals surface area contributed by atoms with Gasteiger partial charge in [-0.2, -0.15) is 8.42 Å². The van der Waals surface area contributed by atoms with Gasteiger partial charge < -0.3 is 9.47 Å². The number of ether oxygens (including phenoxy) is 2. The number of benzene rings is 1. The summed E-state index contributed by atoms with van der Waals surface area (Å²) in [7, 11) is -2.51. The second-order valence-electron chi connectivity index (χ2n) is 4.62. The summed E-state index contributed by atoms with van der Waals surface area (Å²) in [5, 5.41) is 0. The number of hydrogen-bond donors (Lipinski definition) is 0. The van der Waals surface area contributed by atoms with Crippen molar-refractivity contribution in [1.29, 1.82) is 0 Å². The Kier molecular flexibility index (Phi) is 3.35. The molecule has 2 rings (SSSR count). The summed E-state index contributed by atoms with van der Waals surface area (Å²) in [5.41, 5.74) is -0.415. The van der Waals surface area contributed by atoms with Gasteiger partial charge in [0.05, 0.1) is 18.6 Å². The van der Waals surface area contributed by atoms with Crippen LogP contribution in [0.2, 0.25) is 0 Å². The first-order valence-electron chi connectivity index (χ1n) is 5.56. The smallest absolute Gasteiger partial charge is 0.296 e. The molecule has 1 aliphatic heterocycles. The maximum atomic E-state index is 11.4. The molecule has 1 atom stereocenters. The topological polar surface area (TPSA) is 65.1 Å². The third-order valence-electron chi connectivity index (χ3n) is 2.82. The Morgan fingerprint density at radius 1 is 1.28 bits per heavy atom. The second kappa shape index (κ2) is 4.53. The van der Waals surface area contributed by atoms with Crippen molar-refractivity contribution in [1.82, 2.24) is 0 Å². The van der Waals surface area contributed by atoms with Gasteiger partial charge >= 0.3 is 0 Å². The summed E-state index contributed by atoms with van der Waals surface area (Å²) in [5.74, 6) is 0.602. The molecule has 1 aromatic carbocycles. The van der Waals surface area contributed by atoms with E-state index in [-0.39, 0.29) is 11.0 Å². The molecule has 100 valence electrons. The highest BCUT2D eigenvalue weighted by molar-refractivity contribution is 7.86. The molecule has 1 fully saturated rings. The van der Waals surface area contributed by atoms with Crippen LogP contribution in [0, 0.1) is 0 Å². The predicted molar refractivity (Wildman–Crippen MR) is 65.1 cm³/mol. The maximum Gasteiger partial charge on any atom is 0.296 e. The molecule has 1 heterocycles. The van der Waals surface area contributed by atoms with Crippen molar-refractivity contribution in [3.63, 3.8) is 0 Å². The monoisotopic (exact) mass is 272 g/mol. The number of hydrogen-bond acceptors (Lipinski definition) is 5. The average Bonchev–Trinajstić information content (AvgIpc) is 3.13. The van der Waals surface area contributed by atoms with E-state index in [1.807, 2.05) is 13.8 Å². The zero-order chi connectivity index (χ0) is 13.4. The van der Waals surface area contributed by atoms with E-state index in [0.29, 0.717) is 12.4 Å². The molecule has 1 aromatic rings. The molecule has 0 amide bonds. The number of rotatable bonds is 5. The summed E-state index contributed by atoms with van der Waals surface area (Å²) in [6.07, 6.45) is 0.0971. The highest BCUT2D eigenvalue weighted by atomic mass is 32.2. The molecule has 0 aliphatic carbocycles. The molecule has 5 nitrogen and oxygen atoms in total. The van der Waals surface area contributed by atoms with Crippen LogP contribution in [-0.4, -0.2) is 33.8 Å². The van der Waals surface area contributed by atoms with E-state index < -0.39 is 15.7 Å². The highest BCUT2D eigenvalue weighted by Gasteiger charge is 2.41. The van der Waals surface area contributed by atoms with Gasteiger partial charge in [0, 0.05) is 0 Å². The van der Waals surface area contributed by atoms with Gasteiger partial charge in [0.25, 0.3) is 10.1 Å². The Bertz CT molecular complexity index is 514. The molecular weight excluding hydrogens is 256 g/mol. The fourth-order valence-electron chi connectivity index (χ4n) is 1.59. The Morgan fingerprint density at radius 2 is 1.83 bits per heavy atom. The van der Waals surface area contributed by atoms with Crippen LogP contribution in [-0.2, 0) is 19.0 Å². The molecule has 1 aliphatic rings. The summed E-state index contributed by atoms with van der Waals surface area (Å²) >= 11 is 0. The third kappa shape index (κ3) is 2.82. The molecule has 1 saturated heterocycles. The van der Waals surface area contributed by atoms with E-state index in [0.717, 1.165) is 7.11 Å². The summed E-state index contributed by atoms with van der Waals surface area (Å²) < 4.78 is 38.3. The second-order valence-corrected chi connectivity index (χ2v) is 6.33. The lowest BCUT2D eigenvalue weighted by atomic mass is 10.1. The Labute approximate surface area is 107 Å². The van der Waals surface area contributed by atoms with E-state index in [4.69, 9.17) is 9.47 Å². The first-order chi connectivity index (χ1) is 8.35. The van der Waals surface area contributed by atoms with Gasteiger partial charge in [-0.1, -0.05) is 0 Å². The largest absolute Gasteiger partial charge is 0.485 e. The molecule has 1 unspecified atom stereocenters. The molecule has 0 spiro atoms. The predicted octanol–water partition coefficient (Wildman–Crippen LogP) is 1.58. The standard InChI is InChI=1S/C12H16O5S/c1-12(2,11-8-16-11)17-9-4-6-10(7-5-9)18(13,14)15-3/h4-7,11H,8H2,1-3H3. The Balaban J connectivity index is 2.13. The van der Waals surface area contributed by atoms with E-state index >= 15 is 0 Å². The first kappa shape index (κ1) is 13.3. The zero-order valence-electron chi connectivity index (χ0n) is 10.5. The van der Waals surface area contributed by atoms with Gasteiger partial charge in [-0.3, -0.25) is 4.18 Å². The van der Waals surface area contributed by atoms with Crippen LogP contribution in [0.4, 0.5) is 0 Å². The lowest BCUT2D eigenvalue weighted by molar-refractivity contribution is 0.0743. The van der Waals surface area contributed by atoms with Gasteiger partial charge in [-0.15, -0.1) is 0 Å². The Morgan fingerprint density at radius 3 is 2.28 bits per heavy atom. The lowest BCUT2D eigenvalue weighted by Gasteiger charge is -2.24. The van der Waals surface area contributed by atoms with Crippen LogP contribution in [0.5, 0.6) is 5.75 Å². The van der Waals surface area contributed by atoms with Crippen molar-refractivity contribution < 1.29 is 22.1 Å². The molecule has 0 bridgehead atoms. The molecule has 0 radical (unpaired) electrons. The van der Waals surface area contributed by atoms with Crippen LogP contribution >= 0.6 is 0 Å². The quantitative estimate of drug-likeness (QED) is 0.601. The van der Waals surface area contributed by atoms with Crippen molar-refractivity contribution in [2.24, 2.45) is 0 Å². The minimum atomic E-state index is -3.64.